The van der Waals surface area contributed by atoms with Crippen molar-refractivity contribution >= 4 is 11.8 Å². The first-order chi connectivity index (χ1) is 13.9. The molecule has 162 valence electrons. The Morgan fingerprint density at radius 2 is 1.90 bits per heavy atom. The lowest BCUT2D eigenvalue weighted by Crippen LogP contribution is -2.56. The normalized spacial score (nSPS) is 49.3. The second-order valence-electron chi connectivity index (χ2n) is 11.0. The van der Waals surface area contributed by atoms with Gasteiger partial charge >= 0.3 is 0 Å². The molecule has 0 aromatic carbocycles. The van der Waals surface area contributed by atoms with Crippen LogP contribution in [0.3, 0.4) is 0 Å². The van der Waals surface area contributed by atoms with Crippen LogP contribution in [0.25, 0.3) is 0 Å². The van der Waals surface area contributed by atoms with Crippen molar-refractivity contribution in [3.63, 3.8) is 0 Å². The molecular formula is C25H38O3S. The van der Waals surface area contributed by atoms with Crippen LogP contribution in [0.1, 0.15) is 77.2 Å². The van der Waals surface area contributed by atoms with E-state index in [-0.39, 0.29) is 5.41 Å². The highest BCUT2D eigenvalue weighted by molar-refractivity contribution is 7.99. The van der Waals surface area contributed by atoms with Crippen LogP contribution in [0.15, 0.2) is 23.0 Å². The summed E-state index contributed by atoms with van der Waals surface area (Å²) in [4.78, 5) is 0. The van der Waals surface area contributed by atoms with E-state index in [4.69, 9.17) is 4.42 Å². The van der Waals surface area contributed by atoms with Gasteiger partial charge < -0.3 is 14.6 Å². The Hall–Kier alpha value is -0.450. The molecule has 4 aliphatic rings. The highest BCUT2D eigenvalue weighted by atomic mass is 32.2. The average molecular weight is 419 g/mol. The summed E-state index contributed by atoms with van der Waals surface area (Å²) in [5.41, 5.74) is 0.750. The predicted molar refractivity (Wildman–Crippen MR) is 118 cm³/mol. The molecule has 0 spiro atoms. The van der Waals surface area contributed by atoms with E-state index >= 15 is 0 Å². The number of hydrogen-bond acceptors (Lipinski definition) is 4. The molecule has 8 atom stereocenters. The highest BCUT2D eigenvalue weighted by Crippen LogP contribution is 2.70. The Labute approximate surface area is 180 Å². The monoisotopic (exact) mass is 418 g/mol. The van der Waals surface area contributed by atoms with Gasteiger partial charge in [-0.25, -0.2) is 0 Å². The molecule has 2 N–H and O–H groups in total. The van der Waals surface area contributed by atoms with Gasteiger partial charge in [0, 0.05) is 22.0 Å². The van der Waals surface area contributed by atoms with Gasteiger partial charge in [0.1, 0.15) is 0 Å². The Morgan fingerprint density at radius 3 is 2.66 bits per heavy atom. The molecular weight excluding hydrogens is 380 g/mol. The van der Waals surface area contributed by atoms with Gasteiger partial charge in [-0.05, 0) is 92.9 Å². The molecule has 3 nitrogen and oxygen atoms in total. The van der Waals surface area contributed by atoms with Crippen molar-refractivity contribution in [2.75, 3.05) is 12.4 Å². The smallest absolute Gasteiger partial charge is 0.0983 e. The van der Waals surface area contributed by atoms with E-state index in [2.05, 4.69) is 13.8 Å². The molecule has 1 unspecified atom stereocenters. The Bertz CT molecular complexity index is 720. The number of aliphatic hydroxyl groups is 2. The minimum atomic E-state index is -0.716. The first-order valence-electron chi connectivity index (χ1n) is 11.9. The largest absolute Gasteiger partial charge is 0.472 e. The Balaban J connectivity index is 1.37. The molecule has 4 heteroatoms. The van der Waals surface area contributed by atoms with Gasteiger partial charge in [0.05, 0.1) is 24.7 Å². The minimum Gasteiger partial charge on any atom is -0.472 e. The van der Waals surface area contributed by atoms with Gasteiger partial charge in [0.25, 0.3) is 0 Å². The summed E-state index contributed by atoms with van der Waals surface area (Å²) in [6.45, 7) is 5.31. The third-order valence-electron chi connectivity index (χ3n) is 10.2. The number of furan rings is 1. The maximum atomic E-state index is 11.8. The SMILES string of the molecule is C[C@]12CC[C@H](SCCO)CC1CC[C@@H]1[C@@H]2CC[C@@]2(C)[C@H]1CC[C@@]2(O)c1ccoc1. The molecule has 4 aliphatic carbocycles. The maximum Gasteiger partial charge on any atom is 0.0983 e. The van der Waals surface area contributed by atoms with E-state index in [0.717, 1.165) is 53.6 Å². The van der Waals surface area contributed by atoms with Crippen molar-refractivity contribution in [2.24, 2.45) is 34.5 Å². The van der Waals surface area contributed by atoms with Gasteiger partial charge in [0.15, 0.2) is 0 Å². The number of thioether (sulfide) groups is 1. The predicted octanol–water partition coefficient (Wildman–Crippen LogP) is 5.60. The van der Waals surface area contributed by atoms with Crippen LogP contribution in [-0.2, 0) is 5.60 Å². The standard InChI is InChI=1S/C25H38O3S/c1-23-9-5-19(29-14-12-26)15-17(23)3-4-20-21(23)6-10-24(2)22(20)7-11-25(24,27)18-8-13-28-16-18/h8,13,16-17,19-22,26-27H,3-7,9-12,14-15H2,1-2H3/t17?,19-,20+,21-,22-,23-,24-,25+/m0/s1. The van der Waals surface area contributed by atoms with Crippen molar-refractivity contribution in [2.45, 2.75) is 82.5 Å². The van der Waals surface area contributed by atoms with Gasteiger partial charge in [0.2, 0.25) is 0 Å². The first kappa shape index (κ1) is 20.5. The van der Waals surface area contributed by atoms with E-state index in [1.165, 1.54) is 38.5 Å². The first-order valence-corrected chi connectivity index (χ1v) is 12.9. The summed E-state index contributed by atoms with van der Waals surface area (Å²) < 4.78 is 5.37. The fourth-order valence-corrected chi connectivity index (χ4v) is 9.67. The zero-order valence-electron chi connectivity index (χ0n) is 18.1. The van der Waals surface area contributed by atoms with Gasteiger partial charge in [-0.3, -0.25) is 0 Å². The zero-order valence-corrected chi connectivity index (χ0v) is 18.9. The second-order valence-corrected chi connectivity index (χ2v) is 12.4. The fourth-order valence-electron chi connectivity index (χ4n) is 8.58. The van der Waals surface area contributed by atoms with E-state index in [0.29, 0.717) is 17.9 Å². The minimum absolute atomic E-state index is 0.0184. The molecule has 1 aromatic heterocycles. The maximum absolute atomic E-state index is 11.8. The third kappa shape index (κ3) is 2.91. The van der Waals surface area contributed by atoms with Crippen molar-refractivity contribution in [3.05, 3.63) is 24.2 Å². The molecule has 1 heterocycles. The van der Waals surface area contributed by atoms with E-state index in [1.54, 1.807) is 12.5 Å². The molecule has 0 radical (unpaired) electrons. The van der Waals surface area contributed by atoms with Crippen molar-refractivity contribution in [1.29, 1.82) is 0 Å². The number of rotatable bonds is 4. The van der Waals surface area contributed by atoms with Crippen molar-refractivity contribution in [1.82, 2.24) is 0 Å². The van der Waals surface area contributed by atoms with Crippen LogP contribution in [-0.4, -0.2) is 27.8 Å². The number of aliphatic hydroxyl groups excluding tert-OH is 1. The van der Waals surface area contributed by atoms with Crippen LogP contribution in [0, 0.1) is 34.5 Å². The summed E-state index contributed by atoms with van der Waals surface area (Å²) in [5.74, 6) is 3.99. The molecule has 29 heavy (non-hydrogen) atoms. The summed E-state index contributed by atoms with van der Waals surface area (Å²) >= 11 is 2.00. The lowest BCUT2D eigenvalue weighted by molar-refractivity contribution is -0.154. The summed E-state index contributed by atoms with van der Waals surface area (Å²) in [6, 6.07) is 1.99. The van der Waals surface area contributed by atoms with Gasteiger partial charge in [-0.15, -0.1) is 0 Å². The van der Waals surface area contributed by atoms with Crippen LogP contribution in [0.4, 0.5) is 0 Å². The topological polar surface area (TPSA) is 53.6 Å². The Kier molecular flexibility index (Phi) is 5.15. The summed E-state index contributed by atoms with van der Waals surface area (Å²) in [5, 5.41) is 21.8. The quantitative estimate of drug-likeness (QED) is 0.668. The fraction of sp³-hybridized carbons (Fsp3) is 0.840. The average Bonchev–Trinajstić information content (AvgIpc) is 3.34. The van der Waals surface area contributed by atoms with Gasteiger partial charge in [-0.2, -0.15) is 11.8 Å². The number of fused-ring (bicyclic) bond motifs is 5. The molecule has 0 bridgehead atoms. The zero-order chi connectivity index (χ0) is 20.3. The van der Waals surface area contributed by atoms with E-state index in [1.807, 2.05) is 17.8 Å². The van der Waals surface area contributed by atoms with Crippen LogP contribution < -0.4 is 0 Å². The molecule has 4 saturated carbocycles. The molecule has 0 saturated heterocycles. The van der Waals surface area contributed by atoms with Crippen molar-refractivity contribution < 1.29 is 14.6 Å². The van der Waals surface area contributed by atoms with Crippen LogP contribution >= 0.6 is 11.8 Å². The van der Waals surface area contributed by atoms with Crippen molar-refractivity contribution in [3.8, 4) is 0 Å². The Morgan fingerprint density at radius 1 is 1.07 bits per heavy atom. The lowest BCUT2D eigenvalue weighted by Gasteiger charge is -2.61. The molecule has 1 aromatic rings. The van der Waals surface area contributed by atoms with E-state index in [9.17, 15) is 10.2 Å². The molecule has 4 fully saturated rings. The second kappa shape index (κ2) is 7.31. The molecule has 0 amide bonds. The summed E-state index contributed by atoms with van der Waals surface area (Å²) in [6.07, 6.45) is 14.7. The third-order valence-corrected chi connectivity index (χ3v) is 11.5. The molecule has 5 rings (SSSR count). The van der Waals surface area contributed by atoms with Crippen LogP contribution in [0.2, 0.25) is 0 Å². The van der Waals surface area contributed by atoms with E-state index < -0.39 is 5.60 Å². The number of hydrogen-bond donors (Lipinski definition) is 2. The summed E-state index contributed by atoms with van der Waals surface area (Å²) in [7, 11) is 0. The van der Waals surface area contributed by atoms with Crippen LogP contribution in [0.5, 0.6) is 0 Å². The lowest BCUT2D eigenvalue weighted by atomic mass is 9.44. The molecule has 0 aliphatic heterocycles. The highest BCUT2D eigenvalue weighted by Gasteiger charge is 2.65. The van der Waals surface area contributed by atoms with Gasteiger partial charge in [-0.1, -0.05) is 13.8 Å².